The van der Waals surface area contributed by atoms with Crippen molar-refractivity contribution in [1.29, 1.82) is 0 Å². The van der Waals surface area contributed by atoms with E-state index in [9.17, 15) is 14.7 Å². The fraction of sp³-hybridized carbons (Fsp3) is 0.360. The van der Waals surface area contributed by atoms with Crippen LogP contribution in [0.4, 0.5) is 11.4 Å². The fourth-order valence-corrected chi connectivity index (χ4v) is 4.14. The van der Waals surface area contributed by atoms with Gasteiger partial charge >= 0.3 is 0 Å². The summed E-state index contributed by atoms with van der Waals surface area (Å²) in [4.78, 5) is 26.4. The van der Waals surface area contributed by atoms with Crippen molar-refractivity contribution < 1.29 is 5.11 Å². The molecule has 0 aliphatic rings. The molecule has 0 aliphatic carbocycles. The van der Waals surface area contributed by atoms with Crippen LogP contribution in [0, 0.1) is 0 Å². The number of rotatable bonds is 11. The molecule has 1 atom stereocenters. The van der Waals surface area contributed by atoms with Crippen molar-refractivity contribution in [3.63, 3.8) is 0 Å². The van der Waals surface area contributed by atoms with Gasteiger partial charge in [-0.3, -0.25) is 9.59 Å². The normalized spacial score (nSPS) is 11.5. The molecule has 32 heavy (non-hydrogen) atoms. The quantitative estimate of drug-likeness (QED) is 0.303. The van der Waals surface area contributed by atoms with Crippen LogP contribution in [0.2, 0.25) is 0 Å². The lowest BCUT2D eigenvalue weighted by molar-refractivity contribution is 0.475. The number of nitrogens with one attached hydrogen (secondary N) is 2. The highest BCUT2D eigenvalue weighted by Crippen LogP contribution is 2.23. The summed E-state index contributed by atoms with van der Waals surface area (Å²) in [5.74, 6) is 0.248. The van der Waals surface area contributed by atoms with Crippen LogP contribution in [0.15, 0.2) is 63.3 Å². The van der Waals surface area contributed by atoms with E-state index in [4.69, 9.17) is 0 Å². The van der Waals surface area contributed by atoms with Crippen LogP contribution < -0.4 is 26.4 Å². The van der Waals surface area contributed by atoms with Gasteiger partial charge in [-0.2, -0.15) is 11.3 Å². The largest absolute Gasteiger partial charge is 0.508 e. The second kappa shape index (κ2) is 12.8. The molecule has 3 aromatic rings. The summed E-state index contributed by atoms with van der Waals surface area (Å²) in [5, 5.41) is 19.5. The number of aryl methyl sites for hydroxylation is 1. The Morgan fingerprint density at radius 2 is 1.81 bits per heavy atom. The molecular weight excluding hydrogens is 422 g/mol. The predicted molar refractivity (Wildman–Crippen MR) is 136 cm³/mol. The standard InChI is InChI=1S/C23H26N2O3S.C2H7N/c1-3-11-25(12-4-5-17-6-8-19(26)9-7-17)21-20(22(27)23(21)28)24-16(2)14-18-10-13-29-15-18;1-3-2/h3,6-10,13,15-16,24,26H,1,4-5,11-12,14H2,2H3;3H,1-2H3/t16-;/m0./s1. The first kappa shape index (κ1) is 25.4. The molecule has 3 rings (SSSR count). The number of benzene rings is 1. The van der Waals surface area contributed by atoms with Crippen LogP contribution in [-0.4, -0.2) is 38.3 Å². The molecule has 0 radical (unpaired) electrons. The Balaban J connectivity index is 0.00000114. The Hall–Kier alpha value is -2.90. The molecule has 1 heterocycles. The predicted octanol–water partition coefficient (Wildman–Crippen LogP) is 3.55. The Morgan fingerprint density at radius 3 is 2.41 bits per heavy atom. The van der Waals surface area contributed by atoms with Gasteiger partial charge in [0.15, 0.2) is 0 Å². The smallest absolute Gasteiger partial charge is 0.253 e. The summed E-state index contributed by atoms with van der Waals surface area (Å²) in [5.41, 5.74) is 2.36. The zero-order valence-corrected chi connectivity index (χ0v) is 19.9. The average molecular weight is 456 g/mol. The van der Waals surface area contributed by atoms with Gasteiger partial charge in [0, 0.05) is 19.1 Å². The summed E-state index contributed by atoms with van der Waals surface area (Å²) in [7, 11) is 3.75. The van der Waals surface area contributed by atoms with Gasteiger partial charge in [-0.05, 0) is 80.4 Å². The molecular formula is C25H33N3O3S. The first-order valence-electron chi connectivity index (χ1n) is 10.7. The van der Waals surface area contributed by atoms with Gasteiger partial charge in [0.1, 0.15) is 17.1 Å². The van der Waals surface area contributed by atoms with E-state index in [2.05, 4.69) is 28.7 Å². The first-order valence-corrected chi connectivity index (χ1v) is 11.7. The Labute approximate surface area is 193 Å². The van der Waals surface area contributed by atoms with Gasteiger partial charge in [-0.25, -0.2) is 0 Å². The van der Waals surface area contributed by atoms with Gasteiger partial charge in [-0.1, -0.05) is 18.2 Å². The van der Waals surface area contributed by atoms with Crippen LogP contribution >= 0.6 is 11.3 Å². The van der Waals surface area contributed by atoms with E-state index in [1.165, 1.54) is 5.56 Å². The Bertz CT molecular complexity index is 1020. The van der Waals surface area contributed by atoms with Crippen molar-refractivity contribution in [2.75, 3.05) is 37.4 Å². The number of anilines is 2. The van der Waals surface area contributed by atoms with E-state index in [1.54, 1.807) is 29.5 Å². The molecule has 0 saturated heterocycles. The summed E-state index contributed by atoms with van der Waals surface area (Å²) >= 11 is 1.65. The maximum absolute atomic E-state index is 12.3. The van der Waals surface area contributed by atoms with E-state index in [0.717, 1.165) is 24.8 Å². The van der Waals surface area contributed by atoms with Gasteiger partial charge in [-0.15, -0.1) is 6.58 Å². The molecule has 2 aromatic carbocycles. The third-order valence-corrected chi connectivity index (χ3v) is 5.63. The molecule has 3 N–H and O–H groups in total. The van der Waals surface area contributed by atoms with Crippen molar-refractivity contribution in [3.05, 3.63) is 85.3 Å². The molecule has 0 saturated carbocycles. The molecule has 1 aromatic heterocycles. The Kier molecular flexibility index (Phi) is 10.2. The van der Waals surface area contributed by atoms with Crippen LogP contribution in [0.25, 0.3) is 0 Å². The monoisotopic (exact) mass is 455 g/mol. The molecule has 6 nitrogen and oxygen atoms in total. The van der Waals surface area contributed by atoms with Crippen LogP contribution in [0.3, 0.4) is 0 Å². The van der Waals surface area contributed by atoms with Gasteiger partial charge in [0.2, 0.25) is 0 Å². The maximum Gasteiger partial charge on any atom is 0.253 e. The number of thiophene rings is 1. The number of hydrogen-bond donors (Lipinski definition) is 3. The highest BCUT2D eigenvalue weighted by Gasteiger charge is 2.26. The SMILES string of the molecule is C=CCN(CCCc1ccc(O)cc1)c1c(N[C@@H](C)Cc2ccsc2)c(=O)c1=O.CNC. The van der Waals surface area contributed by atoms with Crippen molar-refractivity contribution in [1.82, 2.24) is 5.32 Å². The number of nitrogens with zero attached hydrogens (tertiary/aromatic N) is 1. The van der Waals surface area contributed by atoms with Crippen molar-refractivity contribution in [2.45, 2.75) is 32.2 Å². The van der Waals surface area contributed by atoms with Crippen molar-refractivity contribution in [2.24, 2.45) is 0 Å². The highest BCUT2D eigenvalue weighted by molar-refractivity contribution is 7.07. The highest BCUT2D eigenvalue weighted by atomic mass is 32.1. The zero-order chi connectivity index (χ0) is 23.5. The first-order chi connectivity index (χ1) is 15.4. The second-order valence-electron chi connectivity index (χ2n) is 7.77. The summed E-state index contributed by atoms with van der Waals surface area (Å²) in [6, 6.07) is 9.25. The van der Waals surface area contributed by atoms with Gasteiger partial charge in [0.05, 0.1) is 0 Å². The number of phenolic OH excluding ortho intramolecular Hbond substituents is 1. The molecule has 0 bridgehead atoms. The summed E-state index contributed by atoms with van der Waals surface area (Å²) in [6.07, 6.45) is 4.18. The average Bonchev–Trinajstić information content (AvgIpc) is 3.28. The lowest BCUT2D eigenvalue weighted by atomic mass is 10.1. The van der Waals surface area contributed by atoms with Crippen LogP contribution in [0.5, 0.6) is 5.75 Å². The molecule has 7 heteroatoms. The maximum atomic E-state index is 12.3. The molecule has 0 amide bonds. The molecule has 0 fully saturated rings. The van der Waals surface area contributed by atoms with Crippen LogP contribution in [-0.2, 0) is 12.8 Å². The van der Waals surface area contributed by atoms with Crippen molar-refractivity contribution >= 4 is 22.7 Å². The van der Waals surface area contributed by atoms with Gasteiger partial charge in [0.25, 0.3) is 10.9 Å². The minimum atomic E-state index is -0.440. The molecule has 172 valence electrons. The summed E-state index contributed by atoms with van der Waals surface area (Å²) in [6.45, 7) is 6.96. The second-order valence-corrected chi connectivity index (χ2v) is 8.55. The Morgan fingerprint density at radius 1 is 1.12 bits per heavy atom. The van der Waals surface area contributed by atoms with Crippen molar-refractivity contribution in [3.8, 4) is 5.75 Å². The van der Waals surface area contributed by atoms with Crippen LogP contribution in [0.1, 0.15) is 24.5 Å². The molecule has 0 aliphatic heterocycles. The van der Waals surface area contributed by atoms with E-state index < -0.39 is 10.9 Å². The zero-order valence-electron chi connectivity index (χ0n) is 19.1. The number of phenols is 1. The minimum absolute atomic E-state index is 0.0502. The minimum Gasteiger partial charge on any atom is -0.508 e. The third-order valence-electron chi connectivity index (χ3n) is 4.89. The lowest BCUT2D eigenvalue weighted by Crippen LogP contribution is -2.44. The fourth-order valence-electron chi connectivity index (χ4n) is 3.46. The molecule has 0 unspecified atom stereocenters. The topological polar surface area (TPSA) is 81.7 Å². The van der Waals surface area contributed by atoms with E-state index >= 15 is 0 Å². The summed E-state index contributed by atoms with van der Waals surface area (Å²) < 4.78 is 0. The van der Waals surface area contributed by atoms with E-state index in [-0.39, 0.29) is 11.8 Å². The number of aromatic hydroxyl groups is 1. The van der Waals surface area contributed by atoms with E-state index in [0.29, 0.717) is 24.5 Å². The van der Waals surface area contributed by atoms with Gasteiger partial charge < -0.3 is 20.6 Å². The van der Waals surface area contributed by atoms with E-state index in [1.807, 2.05) is 43.4 Å². The third kappa shape index (κ3) is 7.07. The number of hydrogen-bond acceptors (Lipinski definition) is 7. The lowest BCUT2D eigenvalue weighted by Gasteiger charge is -2.28. The molecule has 0 spiro atoms.